The second kappa shape index (κ2) is 8.11. The maximum Gasteiger partial charge on any atom is 0.272 e. The third-order valence-electron chi connectivity index (χ3n) is 3.69. The summed E-state index contributed by atoms with van der Waals surface area (Å²) in [6.07, 6.45) is 1.90. The predicted octanol–water partition coefficient (Wildman–Crippen LogP) is -0.246. The van der Waals surface area contributed by atoms with Crippen molar-refractivity contribution >= 4 is 5.91 Å². The number of rotatable bonds is 8. The molecule has 1 amide bonds. The number of hydrogen-bond donors (Lipinski definition) is 3. The van der Waals surface area contributed by atoms with Gasteiger partial charge in [0.15, 0.2) is 5.69 Å². The third-order valence-corrected chi connectivity index (χ3v) is 3.69. The second-order valence-electron chi connectivity index (χ2n) is 5.36. The zero-order valence-corrected chi connectivity index (χ0v) is 12.9. The average molecular weight is 295 g/mol. The van der Waals surface area contributed by atoms with E-state index in [2.05, 4.69) is 25.7 Å². The van der Waals surface area contributed by atoms with Crippen LogP contribution in [0.5, 0.6) is 0 Å². The van der Waals surface area contributed by atoms with E-state index < -0.39 is 0 Å². The SMILES string of the molecule is COCCCN(C)CCNC(=O)c1n[nH]c2c1CNCC2. The highest BCUT2D eigenvalue weighted by Gasteiger charge is 2.21. The lowest BCUT2D eigenvalue weighted by molar-refractivity contribution is 0.0943. The molecule has 0 aromatic carbocycles. The van der Waals surface area contributed by atoms with Gasteiger partial charge in [0.2, 0.25) is 0 Å². The van der Waals surface area contributed by atoms with Crippen LogP contribution in [0, 0.1) is 0 Å². The van der Waals surface area contributed by atoms with E-state index >= 15 is 0 Å². The van der Waals surface area contributed by atoms with Crippen molar-refractivity contribution in [3.63, 3.8) is 0 Å². The quantitative estimate of drug-likeness (QED) is 0.576. The molecule has 7 heteroatoms. The molecule has 21 heavy (non-hydrogen) atoms. The number of aromatic nitrogens is 2. The Morgan fingerprint density at radius 3 is 3.14 bits per heavy atom. The van der Waals surface area contributed by atoms with Gasteiger partial charge in [-0.2, -0.15) is 5.10 Å². The van der Waals surface area contributed by atoms with Crippen molar-refractivity contribution in [1.29, 1.82) is 0 Å². The van der Waals surface area contributed by atoms with E-state index in [1.165, 1.54) is 0 Å². The zero-order chi connectivity index (χ0) is 15.1. The largest absolute Gasteiger partial charge is 0.385 e. The Labute approximate surface area is 125 Å². The maximum atomic E-state index is 12.2. The van der Waals surface area contributed by atoms with E-state index in [0.29, 0.717) is 18.8 Å². The third kappa shape index (κ3) is 4.52. The summed E-state index contributed by atoms with van der Waals surface area (Å²) in [6.45, 7) is 4.82. The van der Waals surface area contributed by atoms with Gasteiger partial charge >= 0.3 is 0 Å². The molecule has 0 radical (unpaired) electrons. The summed E-state index contributed by atoms with van der Waals surface area (Å²) in [5.74, 6) is -0.0958. The van der Waals surface area contributed by atoms with Crippen LogP contribution in [-0.4, -0.2) is 67.9 Å². The van der Waals surface area contributed by atoms with Gasteiger partial charge < -0.3 is 20.3 Å². The molecule has 0 bridgehead atoms. The van der Waals surface area contributed by atoms with Gasteiger partial charge in [-0.1, -0.05) is 0 Å². The molecule has 0 atom stereocenters. The fourth-order valence-electron chi connectivity index (χ4n) is 2.45. The van der Waals surface area contributed by atoms with E-state index in [-0.39, 0.29) is 5.91 Å². The average Bonchev–Trinajstić information content (AvgIpc) is 2.91. The summed E-state index contributed by atoms with van der Waals surface area (Å²) in [7, 11) is 3.75. The number of likely N-dealkylation sites (N-methyl/N-ethyl adjacent to an activating group) is 1. The molecule has 2 rings (SSSR count). The lowest BCUT2D eigenvalue weighted by Crippen LogP contribution is -2.34. The van der Waals surface area contributed by atoms with E-state index in [1.807, 2.05) is 7.05 Å². The first-order valence-corrected chi connectivity index (χ1v) is 7.45. The van der Waals surface area contributed by atoms with Crippen molar-refractivity contribution in [3.8, 4) is 0 Å². The van der Waals surface area contributed by atoms with Crippen LogP contribution < -0.4 is 10.6 Å². The minimum absolute atomic E-state index is 0.0958. The number of nitrogens with one attached hydrogen (secondary N) is 3. The smallest absolute Gasteiger partial charge is 0.272 e. The first-order valence-electron chi connectivity index (χ1n) is 7.45. The summed E-state index contributed by atoms with van der Waals surface area (Å²) in [5, 5.41) is 13.3. The molecule has 1 aromatic rings. The van der Waals surface area contributed by atoms with Gasteiger partial charge in [0, 0.05) is 64.1 Å². The van der Waals surface area contributed by atoms with Crippen LogP contribution >= 0.6 is 0 Å². The van der Waals surface area contributed by atoms with Crippen molar-refractivity contribution in [2.75, 3.05) is 46.9 Å². The molecule has 7 nitrogen and oxygen atoms in total. The van der Waals surface area contributed by atoms with Crippen molar-refractivity contribution < 1.29 is 9.53 Å². The van der Waals surface area contributed by atoms with Crippen LogP contribution in [0.2, 0.25) is 0 Å². The molecule has 0 saturated carbocycles. The Hall–Kier alpha value is -1.44. The Balaban J connectivity index is 1.73. The number of carbonyl (C=O) groups excluding carboxylic acids is 1. The van der Waals surface area contributed by atoms with Gasteiger partial charge in [0.25, 0.3) is 5.91 Å². The summed E-state index contributed by atoms with van der Waals surface area (Å²) >= 11 is 0. The van der Waals surface area contributed by atoms with Gasteiger partial charge in [0.1, 0.15) is 0 Å². The lowest BCUT2D eigenvalue weighted by atomic mass is 10.1. The summed E-state index contributed by atoms with van der Waals surface area (Å²) < 4.78 is 5.02. The van der Waals surface area contributed by atoms with Gasteiger partial charge in [-0.15, -0.1) is 0 Å². The number of fused-ring (bicyclic) bond motifs is 1. The van der Waals surface area contributed by atoms with Crippen molar-refractivity contribution in [2.45, 2.75) is 19.4 Å². The minimum Gasteiger partial charge on any atom is -0.385 e. The van der Waals surface area contributed by atoms with Crippen LogP contribution in [0.25, 0.3) is 0 Å². The second-order valence-corrected chi connectivity index (χ2v) is 5.36. The number of amides is 1. The number of hydrogen-bond acceptors (Lipinski definition) is 5. The molecule has 0 saturated heterocycles. The molecule has 1 aliphatic rings. The number of ether oxygens (including phenoxy) is 1. The highest BCUT2D eigenvalue weighted by atomic mass is 16.5. The standard InChI is InChI=1S/C14H25N5O2/c1-19(7-3-9-21-2)8-6-16-14(20)13-11-10-15-5-4-12(11)17-18-13/h15H,3-10H2,1-2H3,(H,16,20)(H,17,18). The van der Waals surface area contributed by atoms with Crippen molar-refractivity contribution in [1.82, 2.24) is 25.7 Å². The summed E-state index contributed by atoms with van der Waals surface area (Å²) in [6, 6.07) is 0. The number of aromatic amines is 1. The molecule has 0 aliphatic carbocycles. The molecule has 0 unspecified atom stereocenters. The Morgan fingerprint density at radius 2 is 2.33 bits per heavy atom. The molecule has 118 valence electrons. The van der Waals surface area contributed by atoms with Crippen LogP contribution in [0.4, 0.5) is 0 Å². The van der Waals surface area contributed by atoms with Gasteiger partial charge in [0.05, 0.1) is 0 Å². The molecule has 1 aromatic heterocycles. The number of methoxy groups -OCH3 is 1. The number of H-pyrrole nitrogens is 1. The Kier molecular flexibility index (Phi) is 6.16. The number of nitrogens with zero attached hydrogens (tertiary/aromatic N) is 2. The monoisotopic (exact) mass is 295 g/mol. The fourth-order valence-corrected chi connectivity index (χ4v) is 2.45. The molecule has 1 aliphatic heterocycles. The van der Waals surface area contributed by atoms with Gasteiger partial charge in [-0.25, -0.2) is 0 Å². The van der Waals surface area contributed by atoms with Crippen molar-refractivity contribution in [2.24, 2.45) is 0 Å². The van der Waals surface area contributed by atoms with Crippen LogP contribution in [0.1, 0.15) is 28.2 Å². The van der Waals surface area contributed by atoms with E-state index in [9.17, 15) is 4.79 Å². The van der Waals surface area contributed by atoms with Crippen molar-refractivity contribution in [3.05, 3.63) is 17.0 Å². The highest BCUT2D eigenvalue weighted by molar-refractivity contribution is 5.94. The first kappa shape index (κ1) is 15.9. The van der Waals surface area contributed by atoms with Crippen LogP contribution in [0.15, 0.2) is 0 Å². The minimum atomic E-state index is -0.0958. The van der Waals surface area contributed by atoms with Gasteiger partial charge in [-0.05, 0) is 13.5 Å². The van der Waals surface area contributed by atoms with Crippen LogP contribution in [-0.2, 0) is 17.7 Å². The predicted molar refractivity (Wildman–Crippen MR) is 80.3 cm³/mol. The normalized spacial score (nSPS) is 14.2. The molecule has 2 heterocycles. The van der Waals surface area contributed by atoms with Crippen LogP contribution in [0.3, 0.4) is 0 Å². The Bertz CT molecular complexity index is 460. The zero-order valence-electron chi connectivity index (χ0n) is 12.9. The lowest BCUT2D eigenvalue weighted by Gasteiger charge is -2.16. The molecule has 0 fully saturated rings. The highest BCUT2D eigenvalue weighted by Crippen LogP contribution is 2.14. The Morgan fingerprint density at radius 1 is 1.48 bits per heavy atom. The summed E-state index contributed by atoms with van der Waals surface area (Å²) in [4.78, 5) is 14.3. The summed E-state index contributed by atoms with van der Waals surface area (Å²) in [5.41, 5.74) is 2.61. The molecular weight excluding hydrogens is 270 g/mol. The van der Waals surface area contributed by atoms with E-state index in [4.69, 9.17) is 4.74 Å². The topological polar surface area (TPSA) is 82.3 Å². The number of carbonyl (C=O) groups is 1. The van der Waals surface area contributed by atoms with Gasteiger partial charge in [-0.3, -0.25) is 9.89 Å². The van der Waals surface area contributed by atoms with E-state index in [0.717, 1.165) is 50.3 Å². The fraction of sp³-hybridized carbons (Fsp3) is 0.714. The molecular formula is C14H25N5O2. The molecule has 3 N–H and O–H groups in total. The van der Waals surface area contributed by atoms with E-state index in [1.54, 1.807) is 7.11 Å². The maximum absolute atomic E-state index is 12.2. The molecule has 0 spiro atoms. The first-order chi connectivity index (χ1) is 10.2.